The Hall–Kier alpha value is -0.610. The van der Waals surface area contributed by atoms with E-state index in [0.717, 1.165) is 0 Å². The van der Waals surface area contributed by atoms with Crippen LogP contribution in [0.1, 0.15) is 34.6 Å². The summed E-state index contributed by atoms with van der Waals surface area (Å²) in [4.78, 5) is 12.5. The molecule has 0 fully saturated rings. The summed E-state index contributed by atoms with van der Waals surface area (Å²) in [5.41, 5.74) is -0.986. The van der Waals surface area contributed by atoms with Gasteiger partial charge in [-0.3, -0.25) is 4.79 Å². The molecule has 4 heteroatoms. The number of aliphatic hydroxyl groups is 1. The van der Waals surface area contributed by atoms with E-state index in [1.807, 2.05) is 0 Å². The first-order chi connectivity index (χ1) is 6.85. The van der Waals surface area contributed by atoms with Gasteiger partial charge in [0.1, 0.15) is 0 Å². The monoisotopic (exact) mass is 219 g/mol. The van der Waals surface area contributed by atoms with Crippen molar-refractivity contribution in [3.05, 3.63) is 0 Å². The second-order valence-corrected chi connectivity index (χ2v) is 3.97. The van der Waals surface area contributed by atoms with E-state index in [1.54, 1.807) is 0 Å². The highest BCUT2D eigenvalue weighted by atomic mass is 16.4. The Morgan fingerprint density at radius 2 is 1.47 bits per heavy atom. The van der Waals surface area contributed by atoms with Crippen LogP contribution in [0.3, 0.4) is 0 Å². The predicted molar refractivity (Wildman–Crippen MR) is 62.0 cm³/mol. The summed E-state index contributed by atoms with van der Waals surface area (Å²) < 4.78 is 0. The second kappa shape index (κ2) is 8.68. The van der Waals surface area contributed by atoms with Crippen molar-refractivity contribution in [2.75, 3.05) is 26.2 Å². The number of hydrogen-bond donors (Lipinski definition) is 2. The van der Waals surface area contributed by atoms with Crippen LogP contribution in [-0.2, 0) is 4.79 Å². The van der Waals surface area contributed by atoms with E-state index in [0.29, 0.717) is 0 Å². The maximum atomic E-state index is 10.1. The molecule has 0 unspecified atom stereocenters. The lowest BCUT2D eigenvalue weighted by molar-refractivity contribution is -0.148. The van der Waals surface area contributed by atoms with Gasteiger partial charge in [0.25, 0.3) is 0 Å². The average Bonchev–Trinajstić information content (AvgIpc) is 2.21. The van der Waals surface area contributed by atoms with Crippen molar-refractivity contribution in [3.63, 3.8) is 0 Å². The van der Waals surface area contributed by atoms with E-state index < -0.39 is 11.4 Å². The summed E-state index contributed by atoms with van der Waals surface area (Å²) in [6.45, 7) is 12.7. The molecular formula is C11H25NO3. The highest BCUT2D eigenvalue weighted by Crippen LogP contribution is 2.12. The predicted octanol–water partition coefficient (Wildman–Crippen LogP) is 1.44. The van der Waals surface area contributed by atoms with Gasteiger partial charge < -0.3 is 15.1 Å². The summed E-state index contributed by atoms with van der Waals surface area (Å²) in [6.07, 6.45) is 0. The molecule has 0 aromatic carbocycles. The molecule has 0 aromatic heterocycles. The number of hydrogen-bond acceptors (Lipinski definition) is 3. The number of carboxylic acid groups (broad SMARTS) is 1. The zero-order valence-corrected chi connectivity index (χ0v) is 10.6. The molecule has 0 saturated heterocycles. The van der Waals surface area contributed by atoms with Crippen LogP contribution in [0.5, 0.6) is 0 Å². The van der Waals surface area contributed by atoms with Crippen molar-refractivity contribution in [1.29, 1.82) is 0 Å². The van der Waals surface area contributed by atoms with E-state index in [1.165, 1.54) is 33.5 Å². The molecule has 0 heterocycles. The molecule has 2 N–H and O–H groups in total. The van der Waals surface area contributed by atoms with Crippen LogP contribution in [0.15, 0.2) is 0 Å². The van der Waals surface area contributed by atoms with Crippen LogP contribution < -0.4 is 0 Å². The van der Waals surface area contributed by atoms with Gasteiger partial charge in [0, 0.05) is 0 Å². The number of rotatable bonds is 5. The SMILES string of the molecule is CC(C)(CO)C(=O)O.CCN(CC)CC. The molecule has 0 aliphatic rings. The van der Waals surface area contributed by atoms with Crippen LogP contribution in [0, 0.1) is 5.41 Å². The fourth-order valence-electron chi connectivity index (χ4n) is 0.738. The number of nitrogens with zero attached hydrogens (tertiary/aromatic N) is 1. The average molecular weight is 219 g/mol. The molecule has 0 rings (SSSR count). The van der Waals surface area contributed by atoms with Gasteiger partial charge in [-0.1, -0.05) is 20.8 Å². The number of carbonyl (C=O) groups is 1. The highest BCUT2D eigenvalue weighted by molar-refractivity contribution is 5.73. The standard InChI is InChI=1S/C6H15N.C5H10O3/c1-4-7(5-2)6-3;1-5(2,3-6)4(7)8/h4-6H2,1-3H3;6H,3H2,1-2H3,(H,7,8). The molecule has 0 atom stereocenters. The Balaban J connectivity index is 0. The topological polar surface area (TPSA) is 60.8 Å². The van der Waals surface area contributed by atoms with Gasteiger partial charge in [-0.05, 0) is 33.5 Å². The van der Waals surface area contributed by atoms with Crippen molar-refractivity contribution in [3.8, 4) is 0 Å². The van der Waals surface area contributed by atoms with E-state index in [-0.39, 0.29) is 6.61 Å². The van der Waals surface area contributed by atoms with Crippen molar-refractivity contribution < 1.29 is 15.0 Å². The van der Waals surface area contributed by atoms with Gasteiger partial charge in [-0.25, -0.2) is 0 Å². The van der Waals surface area contributed by atoms with Crippen LogP contribution in [0.25, 0.3) is 0 Å². The van der Waals surface area contributed by atoms with Gasteiger partial charge in [-0.2, -0.15) is 0 Å². The third kappa shape index (κ3) is 8.39. The first-order valence-corrected chi connectivity index (χ1v) is 5.42. The molecule has 0 spiro atoms. The molecule has 0 aliphatic carbocycles. The van der Waals surface area contributed by atoms with Crippen LogP contribution >= 0.6 is 0 Å². The minimum atomic E-state index is -0.986. The summed E-state index contributed by atoms with van der Waals surface area (Å²) in [5, 5.41) is 16.7. The third-order valence-corrected chi connectivity index (χ3v) is 2.32. The quantitative estimate of drug-likeness (QED) is 0.734. The molecule has 0 aliphatic heterocycles. The lowest BCUT2D eigenvalue weighted by Crippen LogP contribution is -2.27. The van der Waals surface area contributed by atoms with Crippen molar-refractivity contribution >= 4 is 5.97 Å². The lowest BCUT2D eigenvalue weighted by atomic mass is 9.96. The Bertz CT molecular complexity index is 160. The largest absolute Gasteiger partial charge is 0.481 e. The molecule has 0 aromatic rings. The second-order valence-electron chi connectivity index (χ2n) is 3.97. The zero-order valence-electron chi connectivity index (χ0n) is 10.6. The first-order valence-electron chi connectivity index (χ1n) is 5.42. The summed E-state index contributed by atoms with van der Waals surface area (Å²) in [7, 11) is 0. The van der Waals surface area contributed by atoms with E-state index in [4.69, 9.17) is 10.2 Å². The third-order valence-electron chi connectivity index (χ3n) is 2.32. The maximum absolute atomic E-state index is 10.1. The minimum Gasteiger partial charge on any atom is -0.481 e. The van der Waals surface area contributed by atoms with Gasteiger partial charge in [0.2, 0.25) is 0 Å². The Morgan fingerprint density at radius 3 is 1.47 bits per heavy atom. The number of carboxylic acids is 1. The minimum absolute atomic E-state index is 0.317. The van der Waals surface area contributed by atoms with Crippen molar-refractivity contribution in [1.82, 2.24) is 4.90 Å². The first kappa shape index (κ1) is 16.8. The Labute approximate surface area is 92.9 Å². The normalized spacial score (nSPS) is 10.9. The molecule has 15 heavy (non-hydrogen) atoms. The van der Waals surface area contributed by atoms with Crippen LogP contribution in [-0.4, -0.2) is 47.3 Å². The maximum Gasteiger partial charge on any atom is 0.311 e. The summed E-state index contributed by atoms with van der Waals surface area (Å²) in [6, 6.07) is 0. The van der Waals surface area contributed by atoms with Crippen molar-refractivity contribution in [2.24, 2.45) is 5.41 Å². The molecule has 0 amide bonds. The molecule has 92 valence electrons. The fraction of sp³-hybridized carbons (Fsp3) is 0.909. The van der Waals surface area contributed by atoms with Crippen LogP contribution in [0.4, 0.5) is 0 Å². The fourth-order valence-corrected chi connectivity index (χ4v) is 0.738. The van der Waals surface area contributed by atoms with E-state index >= 15 is 0 Å². The highest BCUT2D eigenvalue weighted by Gasteiger charge is 2.25. The van der Waals surface area contributed by atoms with Gasteiger partial charge >= 0.3 is 5.97 Å². The summed E-state index contributed by atoms with van der Waals surface area (Å²) in [5.74, 6) is -0.972. The molecule has 0 bridgehead atoms. The summed E-state index contributed by atoms with van der Waals surface area (Å²) >= 11 is 0. The van der Waals surface area contributed by atoms with Gasteiger partial charge in [0.05, 0.1) is 12.0 Å². The van der Waals surface area contributed by atoms with E-state index in [9.17, 15) is 4.79 Å². The number of aliphatic carboxylic acids is 1. The van der Waals surface area contributed by atoms with Crippen LogP contribution in [0.2, 0.25) is 0 Å². The lowest BCUT2D eigenvalue weighted by Gasteiger charge is -2.13. The molecule has 4 nitrogen and oxygen atoms in total. The number of aliphatic hydroxyl groups excluding tert-OH is 1. The molecular weight excluding hydrogens is 194 g/mol. The molecule has 0 radical (unpaired) electrons. The Morgan fingerprint density at radius 1 is 1.13 bits per heavy atom. The smallest absolute Gasteiger partial charge is 0.311 e. The zero-order chi connectivity index (χ0) is 12.5. The van der Waals surface area contributed by atoms with E-state index in [2.05, 4.69) is 25.7 Å². The Kier molecular flexibility index (Phi) is 9.72. The van der Waals surface area contributed by atoms with Gasteiger partial charge in [-0.15, -0.1) is 0 Å². The van der Waals surface area contributed by atoms with Gasteiger partial charge in [0.15, 0.2) is 0 Å². The molecule has 0 saturated carbocycles. The van der Waals surface area contributed by atoms with Crippen molar-refractivity contribution in [2.45, 2.75) is 34.6 Å².